The number of primary amides is 1. The van der Waals surface area contributed by atoms with Crippen LogP contribution in [0.25, 0.3) is 10.4 Å². The number of thiophene rings is 1. The van der Waals surface area contributed by atoms with E-state index in [9.17, 15) is 9.59 Å². The molecule has 4 heterocycles. The van der Waals surface area contributed by atoms with E-state index in [1.165, 1.54) is 24.2 Å². The van der Waals surface area contributed by atoms with Crippen LogP contribution in [0.15, 0.2) is 36.4 Å². The van der Waals surface area contributed by atoms with E-state index in [-0.39, 0.29) is 11.9 Å². The van der Waals surface area contributed by atoms with Crippen LogP contribution in [0.2, 0.25) is 0 Å². The highest BCUT2D eigenvalue weighted by Crippen LogP contribution is 2.33. The van der Waals surface area contributed by atoms with Crippen LogP contribution < -0.4 is 11.1 Å². The number of hydrogen-bond acceptors (Lipinski definition) is 4. The standard InChI is InChI=1S/C20H23N3O2S/c1-12-18(14-8-10-23(12)11-9-14)22-20(25)17-7-6-16(26-17)13-2-4-15(5-3-13)19(21)24/h2-7,12,14,18H,8-11H2,1H3,(H2,21,24)(H,22,25). The fourth-order valence-electron chi connectivity index (χ4n) is 4.18. The second-order valence-corrected chi connectivity index (χ2v) is 8.30. The monoisotopic (exact) mass is 369 g/mol. The van der Waals surface area contributed by atoms with Gasteiger partial charge in [0.1, 0.15) is 0 Å². The summed E-state index contributed by atoms with van der Waals surface area (Å²) in [5.41, 5.74) is 6.75. The van der Waals surface area contributed by atoms with Crippen molar-refractivity contribution in [2.24, 2.45) is 11.7 Å². The summed E-state index contributed by atoms with van der Waals surface area (Å²) in [4.78, 5) is 28.1. The number of hydrogen-bond donors (Lipinski definition) is 2. The molecule has 3 aliphatic heterocycles. The SMILES string of the molecule is CC1C(NC(=O)c2ccc(-c3ccc(C(N)=O)cc3)s2)C2CCN1CC2. The Morgan fingerprint density at radius 3 is 2.42 bits per heavy atom. The van der Waals surface area contributed by atoms with Gasteiger partial charge in [-0.25, -0.2) is 0 Å². The van der Waals surface area contributed by atoms with Gasteiger partial charge in [0.25, 0.3) is 5.91 Å². The maximum absolute atomic E-state index is 12.7. The minimum Gasteiger partial charge on any atom is -0.366 e. The summed E-state index contributed by atoms with van der Waals surface area (Å²) in [6.07, 6.45) is 2.36. The van der Waals surface area contributed by atoms with E-state index in [1.54, 1.807) is 12.1 Å². The van der Waals surface area contributed by atoms with Crippen molar-refractivity contribution >= 4 is 23.2 Å². The first-order chi connectivity index (χ1) is 12.5. The molecule has 1 aromatic carbocycles. The molecule has 0 aliphatic carbocycles. The quantitative estimate of drug-likeness (QED) is 0.870. The predicted molar refractivity (Wildman–Crippen MR) is 103 cm³/mol. The van der Waals surface area contributed by atoms with Crippen LogP contribution in [-0.4, -0.2) is 41.9 Å². The number of nitrogens with one attached hydrogen (secondary N) is 1. The van der Waals surface area contributed by atoms with E-state index in [0.29, 0.717) is 17.5 Å². The zero-order chi connectivity index (χ0) is 18.3. The third-order valence-electron chi connectivity index (χ3n) is 5.76. The summed E-state index contributed by atoms with van der Waals surface area (Å²) in [5, 5.41) is 3.27. The molecule has 3 saturated heterocycles. The van der Waals surface area contributed by atoms with Gasteiger partial charge in [-0.3, -0.25) is 14.5 Å². The molecule has 2 amide bonds. The highest BCUT2D eigenvalue weighted by atomic mass is 32.1. The summed E-state index contributed by atoms with van der Waals surface area (Å²) in [6, 6.07) is 11.6. The van der Waals surface area contributed by atoms with Gasteiger partial charge in [0.05, 0.1) is 4.88 Å². The number of carbonyl (C=O) groups excluding carboxylic acids is 2. The largest absolute Gasteiger partial charge is 0.366 e. The van der Waals surface area contributed by atoms with E-state index in [2.05, 4.69) is 17.1 Å². The Hall–Kier alpha value is -2.18. The lowest BCUT2D eigenvalue weighted by molar-refractivity contribution is 0.0218. The topological polar surface area (TPSA) is 75.4 Å². The highest BCUT2D eigenvalue weighted by molar-refractivity contribution is 7.17. The molecular formula is C20H23N3O2S. The van der Waals surface area contributed by atoms with Crippen LogP contribution in [0.4, 0.5) is 0 Å². The van der Waals surface area contributed by atoms with Crippen LogP contribution in [-0.2, 0) is 0 Å². The van der Waals surface area contributed by atoms with Crippen molar-refractivity contribution in [1.82, 2.24) is 10.2 Å². The molecule has 1 aromatic heterocycles. The number of piperidine rings is 3. The van der Waals surface area contributed by atoms with Crippen LogP contribution >= 0.6 is 11.3 Å². The summed E-state index contributed by atoms with van der Waals surface area (Å²) in [7, 11) is 0. The molecule has 3 N–H and O–H groups in total. The van der Waals surface area contributed by atoms with Crippen LogP contribution in [0.5, 0.6) is 0 Å². The van der Waals surface area contributed by atoms with Gasteiger partial charge in [0, 0.05) is 22.5 Å². The molecule has 0 saturated carbocycles. The maximum Gasteiger partial charge on any atom is 0.261 e. The average Bonchev–Trinajstić information content (AvgIpc) is 3.15. The predicted octanol–water partition coefficient (Wildman–Crippen LogP) is 2.73. The van der Waals surface area contributed by atoms with Crippen molar-refractivity contribution in [1.29, 1.82) is 0 Å². The molecule has 0 radical (unpaired) electrons. The third kappa shape index (κ3) is 3.15. The molecule has 5 nitrogen and oxygen atoms in total. The number of amides is 2. The van der Waals surface area contributed by atoms with Gasteiger partial charge in [-0.2, -0.15) is 0 Å². The normalized spacial score (nSPS) is 27.3. The van der Waals surface area contributed by atoms with Crippen molar-refractivity contribution in [2.45, 2.75) is 31.8 Å². The highest BCUT2D eigenvalue weighted by Gasteiger charge is 2.40. The van der Waals surface area contributed by atoms with Crippen LogP contribution in [0.3, 0.4) is 0 Å². The van der Waals surface area contributed by atoms with Gasteiger partial charge >= 0.3 is 0 Å². The second-order valence-electron chi connectivity index (χ2n) is 7.22. The molecule has 0 spiro atoms. The summed E-state index contributed by atoms with van der Waals surface area (Å²) < 4.78 is 0. The Labute approximate surface area is 157 Å². The lowest BCUT2D eigenvalue weighted by Crippen LogP contribution is -2.62. The molecule has 2 atom stereocenters. The minimum absolute atomic E-state index is 0.0145. The van der Waals surface area contributed by atoms with Gasteiger partial charge in [0.15, 0.2) is 0 Å². The van der Waals surface area contributed by atoms with E-state index in [1.807, 2.05) is 24.3 Å². The first-order valence-electron chi connectivity index (χ1n) is 9.08. The second kappa shape index (κ2) is 6.85. The van der Waals surface area contributed by atoms with E-state index < -0.39 is 5.91 Å². The zero-order valence-electron chi connectivity index (χ0n) is 14.8. The molecular weight excluding hydrogens is 346 g/mol. The third-order valence-corrected chi connectivity index (χ3v) is 6.89. The Bertz CT molecular complexity index is 820. The molecule has 3 aliphatic rings. The first kappa shape index (κ1) is 17.2. The van der Waals surface area contributed by atoms with Gasteiger partial charge in [-0.1, -0.05) is 12.1 Å². The lowest BCUT2D eigenvalue weighted by atomic mass is 9.79. The summed E-state index contributed by atoms with van der Waals surface area (Å²) in [5.74, 6) is 0.176. The molecule has 5 rings (SSSR count). The molecule has 6 heteroatoms. The van der Waals surface area contributed by atoms with Gasteiger partial charge in [0.2, 0.25) is 5.91 Å². The average molecular weight is 369 g/mol. The van der Waals surface area contributed by atoms with Gasteiger partial charge in [-0.05, 0) is 68.6 Å². The van der Waals surface area contributed by atoms with Gasteiger partial charge in [-0.15, -0.1) is 11.3 Å². The maximum atomic E-state index is 12.7. The van der Waals surface area contributed by atoms with E-state index >= 15 is 0 Å². The van der Waals surface area contributed by atoms with E-state index in [0.717, 1.165) is 28.4 Å². The van der Waals surface area contributed by atoms with Crippen molar-refractivity contribution in [3.63, 3.8) is 0 Å². The Kier molecular flexibility index (Phi) is 4.54. The number of carbonyl (C=O) groups is 2. The number of benzene rings is 1. The number of fused-ring (bicyclic) bond motifs is 3. The fourth-order valence-corrected chi connectivity index (χ4v) is 5.10. The van der Waals surface area contributed by atoms with Crippen molar-refractivity contribution in [2.75, 3.05) is 13.1 Å². The van der Waals surface area contributed by atoms with Crippen LogP contribution in [0, 0.1) is 5.92 Å². The Balaban J connectivity index is 1.47. The number of rotatable bonds is 4. The molecule has 2 aromatic rings. The summed E-state index contributed by atoms with van der Waals surface area (Å²) in [6.45, 7) is 4.53. The molecule has 2 unspecified atom stereocenters. The van der Waals surface area contributed by atoms with Crippen molar-refractivity contribution in [3.05, 3.63) is 46.8 Å². The van der Waals surface area contributed by atoms with Crippen molar-refractivity contribution in [3.8, 4) is 10.4 Å². The van der Waals surface area contributed by atoms with Crippen LogP contribution in [0.1, 0.15) is 39.8 Å². The number of nitrogens with two attached hydrogens (primary N) is 1. The first-order valence-corrected chi connectivity index (χ1v) is 9.89. The Morgan fingerprint density at radius 2 is 1.81 bits per heavy atom. The fraction of sp³-hybridized carbons (Fsp3) is 0.400. The Morgan fingerprint density at radius 1 is 1.12 bits per heavy atom. The minimum atomic E-state index is -0.436. The van der Waals surface area contributed by atoms with E-state index in [4.69, 9.17) is 5.73 Å². The molecule has 26 heavy (non-hydrogen) atoms. The van der Waals surface area contributed by atoms with Gasteiger partial charge < -0.3 is 11.1 Å². The zero-order valence-corrected chi connectivity index (χ0v) is 15.6. The molecule has 2 bridgehead atoms. The smallest absolute Gasteiger partial charge is 0.261 e. The van der Waals surface area contributed by atoms with Crippen molar-refractivity contribution < 1.29 is 9.59 Å². The number of nitrogens with zero attached hydrogens (tertiary/aromatic N) is 1. The molecule has 3 fully saturated rings. The molecule has 136 valence electrons. The lowest BCUT2D eigenvalue weighted by Gasteiger charge is -2.49. The summed E-state index contributed by atoms with van der Waals surface area (Å²) >= 11 is 1.48.